The predicted octanol–water partition coefficient (Wildman–Crippen LogP) is 2.76. The van der Waals surface area contributed by atoms with Gasteiger partial charge >= 0.3 is 0 Å². The minimum absolute atomic E-state index is 0.170. The molecule has 146 valence electrons. The van der Waals surface area contributed by atoms with Gasteiger partial charge in [-0.05, 0) is 44.0 Å². The van der Waals surface area contributed by atoms with Crippen LogP contribution in [0.2, 0.25) is 0 Å². The largest absolute Gasteiger partial charge is 0.493 e. The molecule has 1 aliphatic heterocycles. The number of amides is 1. The van der Waals surface area contributed by atoms with Crippen molar-refractivity contribution in [2.45, 2.75) is 45.7 Å². The Balaban J connectivity index is 1.77. The molecule has 1 aromatic carbocycles. The first-order chi connectivity index (χ1) is 13.0. The molecule has 2 aromatic rings. The molecule has 3 rings (SSSR count). The Bertz CT molecular complexity index is 803. The number of carbonyl (C=O) groups is 1. The van der Waals surface area contributed by atoms with Gasteiger partial charge in [0.25, 0.3) is 5.91 Å². The molecule has 1 saturated heterocycles. The highest BCUT2D eigenvalue weighted by Crippen LogP contribution is 2.37. The van der Waals surface area contributed by atoms with Crippen LogP contribution in [-0.4, -0.2) is 36.2 Å². The van der Waals surface area contributed by atoms with Gasteiger partial charge in [-0.15, -0.1) is 0 Å². The summed E-state index contributed by atoms with van der Waals surface area (Å²) in [5.74, 6) is 1.58. The van der Waals surface area contributed by atoms with E-state index in [2.05, 4.69) is 17.0 Å². The number of nitrogens with two attached hydrogens (primary N) is 1. The highest BCUT2D eigenvalue weighted by atomic mass is 16.5. The molecule has 1 aliphatic rings. The Morgan fingerprint density at radius 3 is 2.93 bits per heavy atom. The number of aromatic nitrogens is 1. The highest BCUT2D eigenvalue weighted by molar-refractivity contribution is 5.75. The molecule has 2 N–H and O–H groups in total. The van der Waals surface area contributed by atoms with E-state index in [4.69, 9.17) is 19.7 Å². The molecule has 27 heavy (non-hydrogen) atoms. The number of likely N-dealkylation sites (tertiary alicyclic amines) is 1. The van der Waals surface area contributed by atoms with Crippen LogP contribution in [0.1, 0.15) is 48.4 Å². The van der Waals surface area contributed by atoms with E-state index in [0.29, 0.717) is 17.5 Å². The Morgan fingerprint density at radius 2 is 2.22 bits per heavy atom. The summed E-state index contributed by atoms with van der Waals surface area (Å²) < 4.78 is 16.3. The predicted molar refractivity (Wildman–Crippen MR) is 101 cm³/mol. The van der Waals surface area contributed by atoms with Crippen LogP contribution in [0, 0.1) is 6.92 Å². The van der Waals surface area contributed by atoms with Crippen molar-refractivity contribution in [2.24, 2.45) is 5.73 Å². The number of aryl methyl sites for hydroxylation is 2. The minimum Gasteiger partial charge on any atom is -0.493 e. The molecule has 1 amide bonds. The number of carbonyl (C=O) groups excluding carboxylic acids is 1. The van der Waals surface area contributed by atoms with E-state index >= 15 is 0 Å². The van der Waals surface area contributed by atoms with Crippen molar-refractivity contribution in [3.8, 4) is 11.5 Å². The summed E-state index contributed by atoms with van der Waals surface area (Å²) in [7, 11) is 1.59. The quantitative estimate of drug-likeness (QED) is 0.765. The molecule has 0 unspecified atom stereocenters. The van der Waals surface area contributed by atoms with Crippen LogP contribution in [0.4, 0.5) is 0 Å². The van der Waals surface area contributed by atoms with Gasteiger partial charge in [0.2, 0.25) is 0 Å². The topological polar surface area (TPSA) is 90.8 Å². The van der Waals surface area contributed by atoms with Crippen LogP contribution >= 0.6 is 0 Å². The zero-order chi connectivity index (χ0) is 19.4. The second-order valence-corrected chi connectivity index (χ2v) is 6.83. The van der Waals surface area contributed by atoms with E-state index < -0.39 is 5.91 Å². The highest BCUT2D eigenvalue weighted by Gasteiger charge is 2.31. The monoisotopic (exact) mass is 373 g/mol. The number of primary amides is 1. The van der Waals surface area contributed by atoms with Crippen LogP contribution in [0.15, 0.2) is 22.7 Å². The van der Waals surface area contributed by atoms with E-state index in [1.54, 1.807) is 7.11 Å². The molecule has 2 heterocycles. The number of hydrogen-bond donors (Lipinski definition) is 1. The fourth-order valence-electron chi connectivity index (χ4n) is 3.76. The third-order valence-electron chi connectivity index (χ3n) is 4.98. The van der Waals surface area contributed by atoms with E-state index in [9.17, 15) is 4.79 Å². The average Bonchev–Trinajstić information content (AvgIpc) is 3.25. The summed E-state index contributed by atoms with van der Waals surface area (Å²) in [5, 5.41) is 4.17. The Hall–Kier alpha value is -2.54. The SMILES string of the molecule is CCc1onc(C)c1[C@@H]1CCCN1Cc1ccc(OCC(N)=O)c(OC)c1. The smallest absolute Gasteiger partial charge is 0.255 e. The van der Waals surface area contributed by atoms with Crippen LogP contribution in [0.3, 0.4) is 0 Å². The lowest BCUT2D eigenvalue weighted by Gasteiger charge is -2.25. The van der Waals surface area contributed by atoms with Gasteiger partial charge in [0.05, 0.1) is 12.8 Å². The Kier molecular flexibility index (Phi) is 6.01. The number of rotatable bonds is 8. The summed E-state index contributed by atoms with van der Waals surface area (Å²) in [4.78, 5) is 13.4. The molecule has 1 aromatic heterocycles. The maximum Gasteiger partial charge on any atom is 0.255 e. The minimum atomic E-state index is -0.517. The Morgan fingerprint density at radius 1 is 1.41 bits per heavy atom. The zero-order valence-electron chi connectivity index (χ0n) is 16.2. The molecule has 1 atom stereocenters. The first-order valence-corrected chi connectivity index (χ1v) is 9.30. The third-order valence-corrected chi connectivity index (χ3v) is 4.98. The lowest BCUT2D eigenvalue weighted by molar-refractivity contribution is -0.119. The molecule has 0 aliphatic carbocycles. The number of hydrogen-bond acceptors (Lipinski definition) is 6. The average molecular weight is 373 g/mol. The van der Waals surface area contributed by atoms with E-state index in [1.807, 2.05) is 25.1 Å². The van der Waals surface area contributed by atoms with Crippen LogP contribution in [-0.2, 0) is 17.8 Å². The van der Waals surface area contributed by atoms with E-state index in [0.717, 1.165) is 49.4 Å². The summed E-state index contributed by atoms with van der Waals surface area (Å²) in [6, 6.07) is 6.09. The van der Waals surface area contributed by atoms with Crippen LogP contribution < -0.4 is 15.2 Å². The van der Waals surface area contributed by atoms with Crippen molar-refractivity contribution in [1.82, 2.24) is 10.1 Å². The molecule has 0 radical (unpaired) electrons. The number of benzene rings is 1. The van der Waals surface area contributed by atoms with Gasteiger partial charge in [-0.2, -0.15) is 0 Å². The number of methoxy groups -OCH3 is 1. The molecule has 7 heteroatoms. The molecule has 7 nitrogen and oxygen atoms in total. The number of ether oxygens (including phenoxy) is 2. The van der Waals surface area contributed by atoms with Crippen molar-refractivity contribution in [3.63, 3.8) is 0 Å². The fourth-order valence-corrected chi connectivity index (χ4v) is 3.76. The lowest BCUT2D eigenvalue weighted by Crippen LogP contribution is -2.24. The van der Waals surface area contributed by atoms with Gasteiger partial charge in [0, 0.05) is 24.6 Å². The lowest BCUT2D eigenvalue weighted by atomic mass is 10.0. The van der Waals surface area contributed by atoms with Crippen molar-refractivity contribution >= 4 is 5.91 Å². The Labute approximate surface area is 159 Å². The first-order valence-electron chi connectivity index (χ1n) is 9.30. The summed E-state index contributed by atoms with van der Waals surface area (Å²) in [6.07, 6.45) is 3.10. The summed E-state index contributed by atoms with van der Waals surface area (Å²) >= 11 is 0. The molecule has 0 spiro atoms. The van der Waals surface area contributed by atoms with Gasteiger partial charge in [0.1, 0.15) is 5.76 Å². The van der Waals surface area contributed by atoms with Gasteiger partial charge in [0.15, 0.2) is 18.1 Å². The summed E-state index contributed by atoms with van der Waals surface area (Å²) in [5.41, 5.74) is 8.49. The van der Waals surface area contributed by atoms with Crippen molar-refractivity contribution in [3.05, 3.63) is 40.8 Å². The zero-order valence-corrected chi connectivity index (χ0v) is 16.2. The molecular weight excluding hydrogens is 346 g/mol. The van der Waals surface area contributed by atoms with E-state index in [1.165, 1.54) is 5.56 Å². The standard InChI is InChI=1S/C20H27N3O4/c1-4-16-20(13(2)22-27-16)15-6-5-9-23(15)11-14-7-8-17(18(10-14)25-3)26-12-19(21)24/h7-8,10,15H,4-6,9,11-12H2,1-3H3,(H2,21,24)/t15-/m0/s1. The van der Waals surface area contributed by atoms with Crippen molar-refractivity contribution < 1.29 is 18.8 Å². The van der Waals surface area contributed by atoms with Crippen molar-refractivity contribution in [2.75, 3.05) is 20.3 Å². The van der Waals surface area contributed by atoms with Gasteiger partial charge in [-0.1, -0.05) is 18.1 Å². The summed E-state index contributed by atoms with van der Waals surface area (Å²) in [6.45, 7) is 5.77. The molecule has 0 saturated carbocycles. The second kappa shape index (κ2) is 8.43. The number of nitrogens with zero attached hydrogens (tertiary/aromatic N) is 2. The maximum absolute atomic E-state index is 10.9. The van der Waals surface area contributed by atoms with Crippen molar-refractivity contribution in [1.29, 1.82) is 0 Å². The van der Waals surface area contributed by atoms with E-state index in [-0.39, 0.29) is 6.61 Å². The normalized spacial score (nSPS) is 17.2. The van der Waals surface area contributed by atoms with Gasteiger partial charge in [-0.3, -0.25) is 9.69 Å². The van der Waals surface area contributed by atoms with Crippen LogP contribution in [0.5, 0.6) is 11.5 Å². The molecule has 0 bridgehead atoms. The molecular formula is C20H27N3O4. The van der Waals surface area contributed by atoms with Gasteiger partial charge < -0.3 is 19.7 Å². The third kappa shape index (κ3) is 4.24. The van der Waals surface area contributed by atoms with Crippen LogP contribution in [0.25, 0.3) is 0 Å². The fraction of sp³-hybridized carbons (Fsp3) is 0.500. The maximum atomic E-state index is 10.9. The second-order valence-electron chi connectivity index (χ2n) is 6.83. The molecule has 1 fully saturated rings. The first kappa shape index (κ1) is 19.2. The van der Waals surface area contributed by atoms with Gasteiger partial charge in [-0.25, -0.2) is 0 Å².